The predicted molar refractivity (Wildman–Crippen MR) is 170 cm³/mol. The van der Waals surface area contributed by atoms with Crippen molar-refractivity contribution >= 4 is 79.7 Å². The first-order valence-electron chi connectivity index (χ1n) is 12.9. The SMILES string of the molecule is O=S(=O)([O-])O.[CH2-]CS(=O)(=O)c1ccc(N=Nc2c(NCS(=O)(=O)[O-])ccc3c(O)c(N=Nc4cc(OC)ccc4O)[c-]cc23)c(S(=O)(=O)[O-])c1.[Cu].[Na+].[Na+].[Na+].[Na+]. The average molecular weight is 928 g/mol. The van der Waals surface area contributed by atoms with Gasteiger partial charge in [-0.2, -0.15) is 27.5 Å². The summed E-state index contributed by atoms with van der Waals surface area (Å²) in [6.45, 7) is 3.27. The second kappa shape index (κ2) is 24.7. The number of methoxy groups -OCH3 is 1. The Morgan fingerprint density at radius 1 is 0.800 bits per heavy atom. The Labute approximate surface area is 415 Å². The van der Waals surface area contributed by atoms with Crippen molar-refractivity contribution in [2.75, 3.05) is 24.1 Å². The van der Waals surface area contributed by atoms with Gasteiger partial charge in [0.05, 0.1) is 28.3 Å². The number of anilines is 1. The van der Waals surface area contributed by atoms with E-state index in [2.05, 4.69) is 38.8 Å². The molecule has 0 unspecified atom stereocenters. The summed E-state index contributed by atoms with van der Waals surface area (Å²) in [6, 6.07) is 13.2. The third-order valence-corrected chi connectivity index (χ3v) is 8.89. The molecule has 0 aliphatic rings. The number of benzene rings is 4. The summed E-state index contributed by atoms with van der Waals surface area (Å²) in [6.07, 6.45) is 0. The quantitative estimate of drug-likeness (QED) is 0.0357. The number of phenols is 2. The minimum atomic E-state index is -5.28. The molecule has 20 nitrogen and oxygen atoms in total. The Hall–Kier alpha value is -0.301. The van der Waals surface area contributed by atoms with Crippen LogP contribution in [0.2, 0.25) is 0 Å². The second-order valence-electron chi connectivity index (χ2n) is 9.37. The summed E-state index contributed by atoms with van der Waals surface area (Å²) in [5, 5.41) is 39.0. The summed E-state index contributed by atoms with van der Waals surface area (Å²) in [5.74, 6) is -2.07. The monoisotopic (exact) mass is 927 g/mol. The zero-order valence-electron chi connectivity index (χ0n) is 29.3. The fourth-order valence-corrected chi connectivity index (χ4v) is 5.65. The Bertz CT molecular complexity index is 2450. The van der Waals surface area contributed by atoms with Crippen LogP contribution in [0.15, 0.2) is 84.8 Å². The average Bonchev–Trinajstić information content (AvgIpc) is 3.01. The molecular weight excluding hydrogens is 906 g/mol. The van der Waals surface area contributed by atoms with Crippen molar-refractivity contribution < 1.29 is 202 Å². The molecule has 0 saturated carbocycles. The van der Waals surface area contributed by atoms with Crippen LogP contribution in [0.3, 0.4) is 0 Å². The van der Waals surface area contributed by atoms with Gasteiger partial charge in [-0.3, -0.25) is 4.55 Å². The van der Waals surface area contributed by atoms with Crippen LogP contribution in [-0.4, -0.2) is 80.8 Å². The summed E-state index contributed by atoms with van der Waals surface area (Å²) in [5.41, 5.74) is -1.10. The minimum absolute atomic E-state index is 0. The maximum Gasteiger partial charge on any atom is 1.00 e. The van der Waals surface area contributed by atoms with Crippen molar-refractivity contribution in [3.8, 4) is 17.2 Å². The van der Waals surface area contributed by atoms with E-state index in [0.717, 1.165) is 12.1 Å². The van der Waals surface area contributed by atoms with E-state index in [9.17, 15) is 44.6 Å². The van der Waals surface area contributed by atoms with Crippen LogP contribution < -0.4 is 128 Å². The molecule has 29 heteroatoms. The first-order valence-corrected chi connectivity index (χ1v) is 18.9. The molecule has 0 aromatic heterocycles. The van der Waals surface area contributed by atoms with Crippen LogP contribution in [0.4, 0.5) is 28.4 Å². The van der Waals surface area contributed by atoms with E-state index < -0.39 is 73.3 Å². The Balaban J connectivity index is -0.00000254. The van der Waals surface area contributed by atoms with Crippen LogP contribution >= 0.6 is 0 Å². The van der Waals surface area contributed by atoms with Gasteiger partial charge in [-0.1, -0.05) is 22.6 Å². The van der Waals surface area contributed by atoms with Gasteiger partial charge >= 0.3 is 118 Å². The molecule has 4 aromatic carbocycles. The van der Waals surface area contributed by atoms with E-state index in [0.29, 0.717) is 11.8 Å². The van der Waals surface area contributed by atoms with E-state index in [1.807, 2.05) is 0 Å². The molecular formula is C26H22CuN5Na4O15S4-. The number of ether oxygens (including phenoxy) is 1. The van der Waals surface area contributed by atoms with Crippen LogP contribution in [0.5, 0.6) is 17.2 Å². The van der Waals surface area contributed by atoms with Crippen molar-refractivity contribution in [2.45, 2.75) is 9.79 Å². The van der Waals surface area contributed by atoms with E-state index >= 15 is 0 Å². The zero-order valence-corrected chi connectivity index (χ0v) is 41.5. The summed E-state index contributed by atoms with van der Waals surface area (Å²) in [7, 11) is -17.6. The van der Waals surface area contributed by atoms with Gasteiger partial charge in [-0.15, -0.1) is 5.11 Å². The number of nitrogens with one attached hydrogen (secondary N) is 1. The Morgan fingerprint density at radius 2 is 1.38 bits per heavy atom. The maximum atomic E-state index is 12.2. The zero-order chi connectivity index (χ0) is 37.7. The molecule has 4 aromatic rings. The van der Waals surface area contributed by atoms with Crippen molar-refractivity contribution in [3.05, 3.63) is 67.6 Å². The molecule has 0 amide bonds. The molecule has 0 heterocycles. The van der Waals surface area contributed by atoms with Gasteiger partial charge in [-0.05, 0) is 36.4 Å². The summed E-state index contributed by atoms with van der Waals surface area (Å²) >= 11 is 0. The molecule has 4 rings (SSSR count). The van der Waals surface area contributed by atoms with Gasteiger partial charge in [0.25, 0.3) is 0 Å². The van der Waals surface area contributed by atoms with Gasteiger partial charge in [-0.25, -0.2) is 33.7 Å². The predicted octanol–water partition coefficient (Wildman–Crippen LogP) is -8.66. The van der Waals surface area contributed by atoms with Gasteiger partial charge in [0.2, 0.25) is 10.4 Å². The van der Waals surface area contributed by atoms with Crippen molar-refractivity contribution in [3.63, 3.8) is 0 Å². The standard InChI is InChI=1S/C26H23N5O11S3.Cu.4Na.H2O4S/c1-3-43(34,35)16-5-8-19(24(13-16)45(39,40)41)28-31-25-17-6-10-21(29-30-22-12-15(42-2)4-11-23(22)32)26(33)18(17)7-9-20(25)27-14-44(36,37)38;;;;;;1-5(2,3)4/h4-9,11-13,27,32-33H,1,3,14H2,2H3,(H,36,37,38)(H,39,40,41);;;;;;(H2,1,2,3,4)/q-2;;4*+1;/p-3. The largest absolute Gasteiger partial charge is 1.00 e. The second-order valence-corrected chi connectivity index (χ2v) is 15.1. The van der Waals surface area contributed by atoms with Crippen molar-refractivity contribution in [1.29, 1.82) is 0 Å². The third-order valence-electron chi connectivity index (χ3n) is 6.02. The van der Waals surface area contributed by atoms with Gasteiger partial charge in [0.15, 0.2) is 9.84 Å². The number of hydrogen-bond acceptors (Lipinski definition) is 19. The van der Waals surface area contributed by atoms with Crippen LogP contribution in [0.1, 0.15) is 0 Å². The number of rotatable bonds is 11. The van der Waals surface area contributed by atoms with Crippen molar-refractivity contribution in [1.82, 2.24) is 0 Å². The number of hydrogen-bond donors (Lipinski definition) is 4. The van der Waals surface area contributed by atoms with Crippen LogP contribution in [0, 0.1) is 13.0 Å². The fraction of sp³-hybridized carbons (Fsp3) is 0.115. The molecule has 0 atom stereocenters. The van der Waals surface area contributed by atoms with Crippen LogP contribution in [0.25, 0.3) is 10.8 Å². The Kier molecular flexibility index (Phi) is 26.5. The molecule has 0 fully saturated rings. The minimum Gasteiger partial charge on any atom is -0.747 e. The first kappa shape index (κ1) is 59.0. The third kappa shape index (κ3) is 18.2. The van der Waals surface area contributed by atoms with E-state index in [4.69, 9.17) is 22.3 Å². The van der Waals surface area contributed by atoms with E-state index in [-0.39, 0.29) is 175 Å². The van der Waals surface area contributed by atoms with Gasteiger partial charge < -0.3 is 40.8 Å². The number of sulfone groups is 1. The molecule has 0 saturated heterocycles. The molecule has 0 aliphatic carbocycles. The summed E-state index contributed by atoms with van der Waals surface area (Å²) < 4.78 is 132. The first-order chi connectivity index (χ1) is 23.0. The molecule has 0 aliphatic heterocycles. The smallest absolute Gasteiger partial charge is 0.747 e. The maximum absolute atomic E-state index is 12.2. The molecule has 4 N–H and O–H groups in total. The van der Waals surface area contributed by atoms with Crippen LogP contribution in [-0.2, 0) is 57.5 Å². The molecule has 1 radical (unpaired) electrons. The molecule has 0 spiro atoms. The van der Waals surface area contributed by atoms with E-state index in [1.165, 1.54) is 43.5 Å². The van der Waals surface area contributed by atoms with Gasteiger partial charge in [0, 0.05) is 34.6 Å². The number of aromatic hydroxyl groups is 2. The fourth-order valence-electron chi connectivity index (χ4n) is 3.80. The van der Waals surface area contributed by atoms with Gasteiger partial charge in [0.1, 0.15) is 49.0 Å². The van der Waals surface area contributed by atoms with E-state index in [1.54, 1.807) is 0 Å². The molecule has 281 valence electrons. The number of azo groups is 2. The molecule has 55 heavy (non-hydrogen) atoms. The number of nitrogens with zero attached hydrogens (tertiary/aromatic N) is 4. The topological polar surface area (TPSA) is 337 Å². The van der Waals surface area contributed by atoms with Crippen molar-refractivity contribution in [2.24, 2.45) is 20.5 Å². The number of phenolic OH excluding ortho intramolecular Hbond substituents is 2. The number of fused-ring (bicyclic) bond motifs is 1. The Morgan fingerprint density at radius 3 is 1.91 bits per heavy atom. The molecule has 0 bridgehead atoms. The summed E-state index contributed by atoms with van der Waals surface area (Å²) in [4.78, 5) is -1.52. The normalized spacial score (nSPS) is 11.5.